The van der Waals surface area contributed by atoms with Crippen molar-refractivity contribution in [3.63, 3.8) is 0 Å². The van der Waals surface area contributed by atoms with Gasteiger partial charge in [0, 0.05) is 43.0 Å². The summed E-state index contributed by atoms with van der Waals surface area (Å²) in [6.07, 6.45) is 7.60. The topological polar surface area (TPSA) is 66.8 Å². The molecule has 1 atom stereocenters. The molecule has 0 amide bonds. The second-order valence-electron chi connectivity index (χ2n) is 6.64. The Morgan fingerprint density at radius 3 is 2.88 bits per heavy atom. The molecule has 1 fully saturated rings. The Morgan fingerprint density at radius 1 is 1.15 bits per heavy atom. The predicted octanol–water partition coefficient (Wildman–Crippen LogP) is 3.76. The molecule has 3 aromatic heterocycles. The van der Waals surface area contributed by atoms with Gasteiger partial charge in [-0.15, -0.1) is 11.3 Å². The number of likely N-dealkylation sites (tertiary alicyclic amines) is 1. The zero-order chi connectivity index (χ0) is 17.8. The Labute approximate surface area is 157 Å². The number of nitrogens with one attached hydrogen (secondary N) is 1. The van der Waals surface area contributed by atoms with Crippen LogP contribution in [-0.4, -0.2) is 37.9 Å². The molecule has 26 heavy (non-hydrogen) atoms. The molecule has 1 unspecified atom stereocenters. The molecule has 0 spiro atoms. The van der Waals surface area contributed by atoms with Gasteiger partial charge in [-0.05, 0) is 37.9 Å². The van der Waals surface area contributed by atoms with Crippen molar-refractivity contribution in [1.82, 2.24) is 24.8 Å². The minimum atomic E-state index is 0.364. The monoisotopic (exact) mass is 366 g/mol. The van der Waals surface area contributed by atoms with Gasteiger partial charge in [-0.25, -0.2) is 15.0 Å². The second kappa shape index (κ2) is 7.88. The average molecular weight is 366 g/mol. The fourth-order valence-electron chi connectivity index (χ4n) is 3.44. The average Bonchev–Trinajstić information content (AvgIpc) is 3.17. The van der Waals surface area contributed by atoms with Gasteiger partial charge < -0.3 is 5.32 Å². The zero-order valence-electron chi connectivity index (χ0n) is 14.8. The maximum atomic E-state index is 4.67. The van der Waals surface area contributed by atoms with Gasteiger partial charge in [-0.1, -0.05) is 6.07 Å². The van der Waals surface area contributed by atoms with Crippen molar-refractivity contribution in [2.45, 2.75) is 32.2 Å². The lowest BCUT2D eigenvalue weighted by molar-refractivity contribution is 0.197. The van der Waals surface area contributed by atoms with Crippen molar-refractivity contribution in [1.29, 1.82) is 0 Å². The number of hydrogen-bond acceptors (Lipinski definition) is 7. The van der Waals surface area contributed by atoms with Gasteiger partial charge in [0.05, 0.1) is 16.9 Å². The largest absolute Gasteiger partial charge is 0.323 e. The van der Waals surface area contributed by atoms with Gasteiger partial charge in [0.25, 0.3) is 0 Å². The standard InChI is InChI=1S/C19H22N6S/c1-14-4-2-6-21-18(14)24-19-17(20-7-8-22-19)15-5-3-9-25(10-15)11-16-12-26-13-23-16/h2,4,6-8,12-13,15H,3,5,9-11H2,1H3,(H,21,22,24). The third-order valence-electron chi connectivity index (χ3n) is 4.73. The molecule has 6 nitrogen and oxygen atoms in total. The maximum absolute atomic E-state index is 4.67. The molecule has 0 bridgehead atoms. The summed E-state index contributed by atoms with van der Waals surface area (Å²) in [4.78, 5) is 20.5. The molecule has 4 rings (SSSR count). The highest BCUT2D eigenvalue weighted by Crippen LogP contribution is 2.31. The number of anilines is 2. The summed E-state index contributed by atoms with van der Waals surface area (Å²) in [6.45, 7) is 5.03. The van der Waals surface area contributed by atoms with Crippen LogP contribution in [0.25, 0.3) is 0 Å². The maximum Gasteiger partial charge on any atom is 0.153 e. The lowest BCUT2D eigenvalue weighted by Crippen LogP contribution is -2.34. The molecule has 0 aliphatic carbocycles. The molecule has 0 radical (unpaired) electrons. The number of aromatic nitrogens is 4. The summed E-state index contributed by atoms with van der Waals surface area (Å²) >= 11 is 1.65. The van der Waals surface area contributed by atoms with E-state index in [-0.39, 0.29) is 0 Å². The van der Waals surface area contributed by atoms with Crippen LogP contribution in [0.5, 0.6) is 0 Å². The van der Waals surface area contributed by atoms with Crippen molar-refractivity contribution in [2.24, 2.45) is 0 Å². The number of piperidine rings is 1. The Bertz CT molecular complexity index is 851. The van der Waals surface area contributed by atoms with Crippen molar-refractivity contribution < 1.29 is 0 Å². The molecule has 3 aromatic rings. The fraction of sp³-hybridized carbons (Fsp3) is 0.368. The first-order valence-electron chi connectivity index (χ1n) is 8.88. The van der Waals surface area contributed by atoms with Gasteiger partial charge in [0.15, 0.2) is 5.82 Å². The van der Waals surface area contributed by atoms with Gasteiger partial charge >= 0.3 is 0 Å². The first-order valence-corrected chi connectivity index (χ1v) is 9.83. The number of aryl methyl sites for hydroxylation is 1. The van der Waals surface area contributed by atoms with E-state index in [0.29, 0.717) is 5.92 Å². The van der Waals surface area contributed by atoms with E-state index in [1.165, 1.54) is 0 Å². The van der Waals surface area contributed by atoms with Crippen LogP contribution in [0.4, 0.5) is 11.6 Å². The van der Waals surface area contributed by atoms with E-state index in [0.717, 1.165) is 61.1 Å². The number of pyridine rings is 1. The van der Waals surface area contributed by atoms with Crippen LogP contribution < -0.4 is 5.32 Å². The smallest absolute Gasteiger partial charge is 0.153 e. The molecule has 4 heterocycles. The Balaban J connectivity index is 1.53. The summed E-state index contributed by atoms with van der Waals surface area (Å²) in [5, 5.41) is 5.51. The van der Waals surface area contributed by atoms with Gasteiger partial charge in [-0.3, -0.25) is 9.88 Å². The van der Waals surface area contributed by atoms with Crippen molar-refractivity contribution in [2.75, 3.05) is 18.4 Å². The molecular formula is C19H22N6S. The number of hydrogen-bond donors (Lipinski definition) is 1. The molecular weight excluding hydrogens is 344 g/mol. The van der Waals surface area contributed by atoms with E-state index < -0.39 is 0 Å². The summed E-state index contributed by atoms with van der Waals surface area (Å²) in [5.74, 6) is 2.02. The van der Waals surface area contributed by atoms with Crippen molar-refractivity contribution in [3.05, 3.63) is 58.6 Å². The van der Waals surface area contributed by atoms with E-state index in [4.69, 9.17) is 0 Å². The molecule has 1 aliphatic rings. The second-order valence-corrected chi connectivity index (χ2v) is 7.36. The quantitative estimate of drug-likeness (QED) is 0.742. The number of nitrogens with zero attached hydrogens (tertiary/aromatic N) is 5. The lowest BCUT2D eigenvalue weighted by Gasteiger charge is -2.32. The van der Waals surface area contributed by atoms with Crippen molar-refractivity contribution in [3.8, 4) is 0 Å². The Morgan fingerprint density at radius 2 is 2.04 bits per heavy atom. The third-order valence-corrected chi connectivity index (χ3v) is 5.37. The van der Waals surface area contributed by atoms with Gasteiger partial charge in [0.2, 0.25) is 0 Å². The molecule has 0 saturated carbocycles. The van der Waals surface area contributed by atoms with Crippen LogP contribution in [0.3, 0.4) is 0 Å². The first-order chi connectivity index (χ1) is 12.8. The number of thiazole rings is 1. The van der Waals surface area contributed by atoms with Crippen LogP contribution in [0.1, 0.15) is 35.7 Å². The summed E-state index contributed by atoms with van der Waals surface area (Å²) < 4.78 is 0. The van der Waals surface area contributed by atoms with E-state index in [2.05, 4.69) is 35.5 Å². The minimum Gasteiger partial charge on any atom is -0.323 e. The molecule has 1 saturated heterocycles. The summed E-state index contributed by atoms with van der Waals surface area (Å²) in [7, 11) is 0. The Hall–Kier alpha value is -2.38. The minimum absolute atomic E-state index is 0.364. The van der Waals surface area contributed by atoms with Crippen LogP contribution in [0.15, 0.2) is 41.6 Å². The highest BCUT2D eigenvalue weighted by atomic mass is 32.1. The Kier molecular flexibility index (Phi) is 5.17. The molecule has 1 aliphatic heterocycles. The summed E-state index contributed by atoms with van der Waals surface area (Å²) in [5.41, 5.74) is 5.17. The van der Waals surface area contributed by atoms with Crippen LogP contribution in [0.2, 0.25) is 0 Å². The third kappa shape index (κ3) is 3.89. The van der Waals surface area contributed by atoms with Crippen molar-refractivity contribution >= 4 is 23.0 Å². The highest BCUT2D eigenvalue weighted by Gasteiger charge is 2.25. The van der Waals surface area contributed by atoms with Crippen LogP contribution in [0, 0.1) is 6.92 Å². The fourth-order valence-corrected chi connectivity index (χ4v) is 3.99. The van der Waals surface area contributed by atoms with Crippen LogP contribution in [-0.2, 0) is 6.54 Å². The number of rotatable bonds is 5. The molecule has 7 heteroatoms. The normalized spacial score (nSPS) is 18.0. The first kappa shape index (κ1) is 17.1. The van der Waals surface area contributed by atoms with Gasteiger partial charge in [0.1, 0.15) is 5.82 Å². The summed E-state index contributed by atoms with van der Waals surface area (Å²) in [6, 6.07) is 3.98. The van der Waals surface area contributed by atoms with E-state index in [1.54, 1.807) is 29.9 Å². The zero-order valence-corrected chi connectivity index (χ0v) is 15.6. The lowest BCUT2D eigenvalue weighted by atomic mass is 9.94. The molecule has 0 aromatic carbocycles. The van der Waals surface area contributed by atoms with E-state index in [1.807, 2.05) is 24.6 Å². The highest BCUT2D eigenvalue weighted by molar-refractivity contribution is 7.07. The SMILES string of the molecule is Cc1cccnc1Nc1nccnc1C1CCCN(Cc2cscn2)C1. The predicted molar refractivity (Wildman–Crippen MR) is 104 cm³/mol. The van der Waals surface area contributed by atoms with E-state index in [9.17, 15) is 0 Å². The molecule has 1 N–H and O–H groups in total. The molecule has 134 valence electrons. The van der Waals surface area contributed by atoms with E-state index >= 15 is 0 Å². The van der Waals surface area contributed by atoms with Gasteiger partial charge in [-0.2, -0.15) is 0 Å². The van der Waals surface area contributed by atoms with Crippen LogP contribution >= 0.6 is 11.3 Å².